The summed E-state index contributed by atoms with van der Waals surface area (Å²) in [5.41, 5.74) is 0.624. The number of rotatable bonds is 1. The van der Waals surface area contributed by atoms with Crippen molar-refractivity contribution in [3.8, 4) is 5.75 Å². The Balaban J connectivity index is 1.78. The molecule has 1 saturated heterocycles. The number of phenols is 1. The highest BCUT2D eigenvalue weighted by molar-refractivity contribution is 8.18. The molecule has 1 fully saturated rings. The molecule has 2 heterocycles. The van der Waals surface area contributed by atoms with E-state index in [-0.39, 0.29) is 23.9 Å². The van der Waals surface area contributed by atoms with Crippen LogP contribution in [-0.4, -0.2) is 46.4 Å². The maximum Gasteiger partial charge on any atom is 0.286 e. The van der Waals surface area contributed by atoms with Crippen LogP contribution in [0.2, 0.25) is 0 Å². The summed E-state index contributed by atoms with van der Waals surface area (Å²) in [6.45, 7) is 5.49. The number of para-hydroxylation sites is 1. The third kappa shape index (κ3) is 3.18. The van der Waals surface area contributed by atoms with Crippen LogP contribution in [0.4, 0.5) is 0 Å². The van der Waals surface area contributed by atoms with Crippen molar-refractivity contribution < 1.29 is 14.6 Å². The second kappa shape index (κ2) is 6.14. The largest absolute Gasteiger partial charge is 0.507 e. The van der Waals surface area contributed by atoms with E-state index in [1.807, 2.05) is 19.9 Å². The van der Waals surface area contributed by atoms with Gasteiger partial charge in [-0.25, -0.2) is 0 Å². The molecule has 5 nitrogen and oxygen atoms in total. The summed E-state index contributed by atoms with van der Waals surface area (Å²) in [4.78, 5) is 18.9. The number of phenolic OH excluding ortho intramolecular Hbond substituents is 1. The quantitative estimate of drug-likeness (QED) is 0.806. The molecule has 0 saturated carbocycles. The van der Waals surface area contributed by atoms with Crippen LogP contribution in [0.25, 0.3) is 6.08 Å². The minimum absolute atomic E-state index is 0.119. The molecular formula is C16H18N2O3S. The molecule has 1 aromatic carbocycles. The average Bonchev–Trinajstić information content (AvgIpc) is 2.82. The zero-order chi connectivity index (χ0) is 15.7. The normalized spacial score (nSPS) is 27.4. The molecule has 1 N–H and O–H groups in total. The molecule has 2 aliphatic rings. The molecular weight excluding hydrogens is 300 g/mol. The Bertz CT molecular complexity index is 647. The molecule has 22 heavy (non-hydrogen) atoms. The number of morpholine rings is 1. The number of aliphatic imine (C=N–C) groups is 1. The number of carbonyl (C=O) groups is 1. The lowest BCUT2D eigenvalue weighted by Gasteiger charge is -2.35. The molecule has 0 radical (unpaired) electrons. The van der Waals surface area contributed by atoms with Crippen molar-refractivity contribution in [3.63, 3.8) is 0 Å². The van der Waals surface area contributed by atoms with Gasteiger partial charge in [-0.3, -0.25) is 4.79 Å². The fraction of sp³-hybridized carbons (Fsp3) is 0.375. The summed E-state index contributed by atoms with van der Waals surface area (Å²) in [5, 5.41) is 10.5. The molecule has 6 heteroatoms. The smallest absolute Gasteiger partial charge is 0.286 e. The van der Waals surface area contributed by atoms with Crippen LogP contribution in [0.5, 0.6) is 5.75 Å². The standard InChI is InChI=1S/C16H18N2O3S/c1-10-8-18(9-11(2)21-10)16-17-15(20)14(22-16)7-12-5-3-4-6-13(12)19/h3-7,10-11,19H,8-9H2,1-2H3/b14-7+/t10-,11-/m1/s1. The van der Waals surface area contributed by atoms with Crippen molar-refractivity contribution in [1.82, 2.24) is 4.90 Å². The van der Waals surface area contributed by atoms with Crippen LogP contribution in [-0.2, 0) is 9.53 Å². The van der Waals surface area contributed by atoms with Crippen molar-refractivity contribution in [2.45, 2.75) is 26.1 Å². The molecule has 0 aromatic heterocycles. The predicted molar refractivity (Wildman–Crippen MR) is 87.7 cm³/mol. The first-order chi connectivity index (χ1) is 10.5. The van der Waals surface area contributed by atoms with Crippen LogP contribution in [0.1, 0.15) is 19.4 Å². The van der Waals surface area contributed by atoms with E-state index < -0.39 is 0 Å². The second-order valence-electron chi connectivity index (χ2n) is 5.53. The molecule has 0 aliphatic carbocycles. The summed E-state index contributed by atoms with van der Waals surface area (Å²) in [5.74, 6) is -0.0967. The summed E-state index contributed by atoms with van der Waals surface area (Å²) in [6, 6.07) is 6.94. The van der Waals surface area contributed by atoms with Crippen molar-refractivity contribution in [1.29, 1.82) is 0 Å². The van der Waals surface area contributed by atoms with Gasteiger partial charge in [0.25, 0.3) is 5.91 Å². The van der Waals surface area contributed by atoms with Gasteiger partial charge in [-0.1, -0.05) is 18.2 Å². The van der Waals surface area contributed by atoms with Crippen molar-refractivity contribution in [2.75, 3.05) is 13.1 Å². The van der Waals surface area contributed by atoms with Gasteiger partial charge in [0.15, 0.2) is 5.17 Å². The van der Waals surface area contributed by atoms with Gasteiger partial charge in [-0.05, 0) is 37.8 Å². The lowest BCUT2D eigenvalue weighted by Crippen LogP contribution is -2.47. The van der Waals surface area contributed by atoms with E-state index in [1.165, 1.54) is 11.8 Å². The molecule has 0 unspecified atom stereocenters. The van der Waals surface area contributed by atoms with E-state index in [4.69, 9.17) is 4.74 Å². The Morgan fingerprint density at radius 2 is 2.00 bits per heavy atom. The Labute approximate surface area is 133 Å². The summed E-state index contributed by atoms with van der Waals surface area (Å²) >= 11 is 1.35. The van der Waals surface area contributed by atoms with E-state index in [1.54, 1.807) is 24.3 Å². The first-order valence-electron chi connectivity index (χ1n) is 7.24. The van der Waals surface area contributed by atoms with E-state index in [9.17, 15) is 9.90 Å². The SMILES string of the molecule is C[C@@H]1CN(C2=NC(=O)/C(=C\c3ccccc3O)S2)C[C@@H](C)O1. The molecule has 1 amide bonds. The second-order valence-corrected chi connectivity index (χ2v) is 6.54. The van der Waals surface area contributed by atoms with Gasteiger partial charge in [0, 0.05) is 18.7 Å². The van der Waals surface area contributed by atoms with Gasteiger partial charge < -0.3 is 14.7 Å². The number of thioether (sulfide) groups is 1. The van der Waals surface area contributed by atoms with E-state index >= 15 is 0 Å². The van der Waals surface area contributed by atoms with Gasteiger partial charge in [0.2, 0.25) is 0 Å². The van der Waals surface area contributed by atoms with E-state index in [2.05, 4.69) is 9.89 Å². The van der Waals surface area contributed by atoms with Crippen molar-refractivity contribution in [2.24, 2.45) is 4.99 Å². The topological polar surface area (TPSA) is 62.1 Å². The number of ether oxygens (including phenoxy) is 1. The van der Waals surface area contributed by atoms with Gasteiger partial charge >= 0.3 is 0 Å². The van der Waals surface area contributed by atoms with E-state index in [0.717, 1.165) is 13.1 Å². The summed E-state index contributed by atoms with van der Waals surface area (Å²) < 4.78 is 5.70. The minimum Gasteiger partial charge on any atom is -0.507 e. The highest BCUT2D eigenvalue weighted by Crippen LogP contribution is 2.32. The predicted octanol–water partition coefficient (Wildman–Crippen LogP) is 2.47. The first kappa shape index (κ1) is 15.1. The maximum atomic E-state index is 12.1. The number of amides is 1. The Morgan fingerprint density at radius 1 is 1.32 bits per heavy atom. The van der Waals surface area contributed by atoms with Crippen LogP contribution in [0.15, 0.2) is 34.2 Å². The zero-order valence-electron chi connectivity index (χ0n) is 12.5. The molecule has 0 spiro atoms. The van der Waals surface area contributed by atoms with Crippen molar-refractivity contribution >= 4 is 28.9 Å². The molecule has 2 aliphatic heterocycles. The monoisotopic (exact) mass is 318 g/mol. The van der Waals surface area contributed by atoms with Crippen molar-refractivity contribution in [3.05, 3.63) is 34.7 Å². The van der Waals surface area contributed by atoms with Crippen LogP contribution < -0.4 is 0 Å². The molecule has 0 bridgehead atoms. The fourth-order valence-corrected chi connectivity index (χ4v) is 3.54. The van der Waals surface area contributed by atoms with Crippen LogP contribution in [0.3, 0.4) is 0 Å². The number of amidine groups is 1. The minimum atomic E-state index is -0.255. The Morgan fingerprint density at radius 3 is 2.68 bits per heavy atom. The fourth-order valence-electron chi connectivity index (χ4n) is 2.62. The van der Waals surface area contributed by atoms with Crippen LogP contribution >= 0.6 is 11.8 Å². The molecule has 1 aromatic rings. The van der Waals surface area contributed by atoms with Gasteiger partial charge in [0.1, 0.15) is 5.75 Å². The molecule has 3 rings (SSSR count). The highest BCUT2D eigenvalue weighted by atomic mass is 32.2. The number of carbonyl (C=O) groups excluding carboxylic acids is 1. The lowest BCUT2D eigenvalue weighted by atomic mass is 10.2. The Hall–Kier alpha value is -1.79. The molecule has 116 valence electrons. The Kier molecular flexibility index (Phi) is 4.22. The average molecular weight is 318 g/mol. The summed E-state index contributed by atoms with van der Waals surface area (Å²) in [7, 11) is 0. The third-order valence-corrected chi connectivity index (χ3v) is 4.57. The first-order valence-corrected chi connectivity index (χ1v) is 8.05. The van der Waals surface area contributed by atoms with Gasteiger partial charge in [-0.2, -0.15) is 4.99 Å². The molecule has 2 atom stereocenters. The summed E-state index contributed by atoms with van der Waals surface area (Å²) in [6.07, 6.45) is 1.92. The number of benzene rings is 1. The third-order valence-electron chi connectivity index (χ3n) is 3.52. The zero-order valence-corrected chi connectivity index (χ0v) is 13.3. The lowest BCUT2D eigenvalue weighted by molar-refractivity contribution is -0.113. The van der Waals surface area contributed by atoms with Crippen LogP contribution in [0, 0.1) is 0 Å². The van der Waals surface area contributed by atoms with Gasteiger partial charge in [0.05, 0.1) is 17.1 Å². The van der Waals surface area contributed by atoms with E-state index in [0.29, 0.717) is 15.6 Å². The number of hydrogen-bond acceptors (Lipinski definition) is 5. The number of nitrogens with zero attached hydrogens (tertiary/aromatic N) is 2. The number of hydrogen-bond donors (Lipinski definition) is 1. The van der Waals surface area contributed by atoms with Gasteiger partial charge in [-0.15, -0.1) is 0 Å². The highest BCUT2D eigenvalue weighted by Gasteiger charge is 2.31. The maximum absolute atomic E-state index is 12.1. The number of aromatic hydroxyl groups is 1.